The first-order valence-electron chi connectivity index (χ1n) is 13.7. The van der Waals surface area contributed by atoms with Gasteiger partial charge in [0.15, 0.2) is 5.82 Å². The number of aromatic amines is 1. The molecule has 0 amide bonds. The first-order chi connectivity index (χ1) is 20.1. The Balaban J connectivity index is 1.34. The molecule has 14 heteroatoms. The standard InChI is InChI=1S/C28H26F5N7O2/c1-39-11-17(28(31,32)33)19(39)12-42-27-37-23-16(26(38-27)40-9-14-5-6-15(10-40)35-14)8-34-25(22(23)30)24-21-13(7-20(41)36-24)3-2-4-18(21)29/h2-4,7-8,14-15,17,19,35H,5-6,9-12H2,1H3,(H,36,41)/t14?,15?,17-,19-/m1/s1. The number of piperazine rings is 1. The van der Waals surface area contributed by atoms with E-state index in [1.165, 1.54) is 35.4 Å². The summed E-state index contributed by atoms with van der Waals surface area (Å²) in [6.07, 6.45) is -1.07. The lowest BCUT2D eigenvalue weighted by atomic mass is 9.89. The number of nitrogens with zero attached hydrogens (tertiary/aromatic N) is 5. The summed E-state index contributed by atoms with van der Waals surface area (Å²) in [7, 11) is 1.57. The van der Waals surface area contributed by atoms with Gasteiger partial charge >= 0.3 is 12.2 Å². The van der Waals surface area contributed by atoms with Gasteiger partial charge in [0.2, 0.25) is 5.56 Å². The summed E-state index contributed by atoms with van der Waals surface area (Å²) < 4.78 is 77.3. The van der Waals surface area contributed by atoms with Gasteiger partial charge in [-0.1, -0.05) is 12.1 Å². The summed E-state index contributed by atoms with van der Waals surface area (Å²) in [6.45, 7) is 0.664. The molecule has 2 N–H and O–H groups in total. The van der Waals surface area contributed by atoms with Crippen LogP contribution in [-0.4, -0.2) is 82.4 Å². The quantitative estimate of drug-likeness (QED) is 0.342. The summed E-state index contributed by atoms with van der Waals surface area (Å²) >= 11 is 0. The number of pyridine rings is 2. The lowest BCUT2D eigenvalue weighted by molar-refractivity contribution is -0.230. The van der Waals surface area contributed by atoms with Crippen LogP contribution < -0.4 is 20.5 Å². The fraction of sp³-hybridized carbons (Fsp3) is 0.429. The summed E-state index contributed by atoms with van der Waals surface area (Å²) in [5.41, 5.74) is -1.25. The molecule has 0 saturated carbocycles. The highest BCUT2D eigenvalue weighted by Gasteiger charge is 2.53. The van der Waals surface area contributed by atoms with Crippen LogP contribution in [0.4, 0.5) is 27.8 Å². The summed E-state index contributed by atoms with van der Waals surface area (Å²) in [5, 5.41) is 4.03. The van der Waals surface area contributed by atoms with Crippen LogP contribution in [0, 0.1) is 17.6 Å². The number of fused-ring (bicyclic) bond motifs is 4. The zero-order valence-electron chi connectivity index (χ0n) is 22.4. The van der Waals surface area contributed by atoms with Crippen molar-refractivity contribution in [2.45, 2.75) is 37.1 Å². The second kappa shape index (κ2) is 9.83. The number of benzene rings is 1. The predicted molar refractivity (Wildman–Crippen MR) is 144 cm³/mol. The fourth-order valence-corrected chi connectivity index (χ4v) is 6.40. The van der Waals surface area contributed by atoms with E-state index in [-0.39, 0.29) is 64.3 Å². The molecular weight excluding hydrogens is 561 g/mol. The van der Waals surface area contributed by atoms with Crippen LogP contribution in [-0.2, 0) is 0 Å². The maximum Gasteiger partial charge on any atom is 0.394 e. The van der Waals surface area contributed by atoms with E-state index < -0.39 is 35.3 Å². The Bertz CT molecular complexity index is 1750. The highest BCUT2D eigenvalue weighted by Crippen LogP contribution is 2.39. The normalized spacial score (nSPS) is 24.4. The van der Waals surface area contributed by atoms with Crippen LogP contribution >= 0.6 is 0 Å². The largest absolute Gasteiger partial charge is 0.462 e. The number of ether oxygens (including phenoxy) is 1. The molecule has 4 atom stereocenters. The molecule has 3 aliphatic heterocycles. The third-order valence-electron chi connectivity index (χ3n) is 8.55. The van der Waals surface area contributed by atoms with Gasteiger partial charge in [-0.25, -0.2) is 8.78 Å². The number of alkyl halides is 3. The van der Waals surface area contributed by atoms with Crippen molar-refractivity contribution in [2.75, 3.05) is 38.2 Å². The van der Waals surface area contributed by atoms with Crippen molar-refractivity contribution >= 4 is 27.5 Å². The number of anilines is 1. The Morgan fingerprint density at radius 2 is 1.86 bits per heavy atom. The molecule has 42 heavy (non-hydrogen) atoms. The molecule has 3 fully saturated rings. The molecule has 9 nitrogen and oxygen atoms in total. The van der Waals surface area contributed by atoms with Crippen LogP contribution in [0.25, 0.3) is 33.1 Å². The van der Waals surface area contributed by atoms with E-state index in [2.05, 4.69) is 25.3 Å². The van der Waals surface area contributed by atoms with Crippen molar-refractivity contribution in [3.05, 3.63) is 52.5 Å². The minimum atomic E-state index is -4.38. The van der Waals surface area contributed by atoms with E-state index in [0.717, 1.165) is 12.8 Å². The smallest absolute Gasteiger partial charge is 0.394 e. The molecule has 0 radical (unpaired) electrons. The van der Waals surface area contributed by atoms with Crippen molar-refractivity contribution in [1.29, 1.82) is 0 Å². The Morgan fingerprint density at radius 1 is 1.10 bits per heavy atom. The van der Waals surface area contributed by atoms with Gasteiger partial charge in [0.05, 0.1) is 23.0 Å². The average molecular weight is 588 g/mol. The van der Waals surface area contributed by atoms with Crippen LogP contribution in [0.3, 0.4) is 0 Å². The SMILES string of the molecule is CN1C[C@@H](C(F)(F)F)[C@H]1COc1nc(N2CC3CCC(C2)N3)c2cnc(-c3[nH]c(=O)cc4cccc(F)c34)c(F)c2n1. The summed E-state index contributed by atoms with van der Waals surface area (Å²) in [6, 6.07) is 4.56. The molecule has 220 valence electrons. The molecule has 6 heterocycles. The van der Waals surface area contributed by atoms with Gasteiger partial charge in [0.1, 0.15) is 29.5 Å². The lowest BCUT2D eigenvalue weighted by Gasteiger charge is -2.46. The highest BCUT2D eigenvalue weighted by atomic mass is 19.4. The van der Waals surface area contributed by atoms with Gasteiger partial charge in [0.25, 0.3) is 0 Å². The second-order valence-corrected chi connectivity index (χ2v) is 11.2. The second-order valence-electron chi connectivity index (χ2n) is 11.2. The average Bonchev–Trinajstić information content (AvgIpc) is 3.27. The van der Waals surface area contributed by atoms with E-state index in [9.17, 15) is 22.4 Å². The lowest BCUT2D eigenvalue weighted by Crippen LogP contribution is -2.61. The van der Waals surface area contributed by atoms with Crippen LogP contribution in [0.1, 0.15) is 12.8 Å². The number of halogens is 5. The molecule has 7 rings (SSSR count). The molecule has 3 aromatic heterocycles. The van der Waals surface area contributed by atoms with Crippen LogP contribution in [0.5, 0.6) is 6.01 Å². The van der Waals surface area contributed by atoms with Gasteiger partial charge in [-0.05, 0) is 31.3 Å². The maximum atomic E-state index is 16.4. The summed E-state index contributed by atoms with van der Waals surface area (Å²) in [4.78, 5) is 31.5. The van der Waals surface area contributed by atoms with Crippen molar-refractivity contribution in [3.8, 4) is 17.4 Å². The van der Waals surface area contributed by atoms with Crippen molar-refractivity contribution in [1.82, 2.24) is 30.2 Å². The number of rotatable bonds is 5. The third-order valence-corrected chi connectivity index (χ3v) is 8.55. The molecular formula is C28H26F5N7O2. The fourth-order valence-electron chi connectivity index (χ4n) is 6.40. The molecule has 1 aromatic carbocycles. The Kier molecular flexibility index (Phi) is 6.31. The van der Waals surface area contributed by atoms with Crippen molar-refractivity contribution in [3.63, 3.8) is 0 Å². The monoisotopic (exact) mass is 587 g/mol. The van der Waals surface area contributed by atoms with Crippen molar-refractivity contribution in [2.24, 2.45) is 5.92 Å². The van der Waals surface area contributed by atoms with E-state index in [0.29, 0.717) is 18.9 Å². The molecule has 0 aliphatic carbocycles. The molecule has 2 bridgehead atoms. The van der Waals surface area contributed by atoms with Gasteiger partial charge < -0.3 is 19.9 Å². The Morgan fingerprint density at radius 3 is 2.57 bits per heavy atom. The zero-order chi connectivity index (χ0) is 29.3. The number of likely N-dealkylation sites (N-methyl/N-ethyl adjacent to an activating group) is 1. The number of hydrogen-bond acceptors (Lipinski definition) is 8. The number of nitrogens with one attached hydrogen (secondary N) is 2. The van der Waals surface area contributed by atoms with E-state index >= 15 is 4.39 Å². The first kappa shape index (κ1) is 27.0. The van der Waals surface area contributed by atoms with Crippen LogP contribution in [0.2, 0.25) is 0 Å². The number of hydrogen-bond donors (Lipinski definition) is 2. The zero-order valence-corrected chi connectivity index (χ0v) is 22.4. The van der Waals surface area contributed by atoms with Gasteiger partial charge in [-0.15, -0.1) is 0 Å². The maximum absolute atomic E-state index is 16.4. The minimum absolute atomic E-state index is 0.0153. The van der Waals surface area contributed by atoms with Gasteiger partial charge in [-0.2, -0.15) is 23.1 Å². The first-order valence-corrected chi connectivity index (χ1v) is 13.7. The van der Waals surface area contributed by atoms with E-state index in [4.69, 9.17) is 4.74 Å². The summed E-state index contributed by atoms with van der Waals surface area (Å²) in [5.74, 6) is -2.83. The molecule has 2 unspecified atom stereocenters. The molecule has 0 spiro atoms. The Labute approximate surface area is 235 Å². The van der Waals surface area contributed by atoms with Gasteiger partial charge in [-0.3, -0.25) is 14.7 Å². The predicted octanol–water partition coefficient (Wildman–Crippen LogP) is 3.62. The number of H-pyrrole nitrogens is 1. The van der Waals surface area contributed by atoms with Crippen molar-refractivity contribution < 1.29 is 26.7 Å². The molecule has 3 saturated heterocycles. The minimum Gasteiger partial charge on any atom is -0.462 e. The van der Waals surface area contributed by atoms with Gasteiger partial charge in [0, 0.05) is 49.4 Å². The van der Waals surface area contributed by atoms with E-state index in [1.54, 1.807) is 7.05 Å². The van der Waals surface area contributed by atoms with Crippen LogP contribution in [0.15, 0.2) is 35.3 Å². The van der Waals surface area contributed by atoms with E-state index in [1.807, 2.05) is 4.90 Å². The Hall–Kier alpha value is -3.91. The number of aromatic nitrogens is 4. The molecule has 3 aliphatic rings. The number of likely N-dealkylation sites (tertiary alicyclic amines) is 1. The topological polar surface area (TPSA) is 99.3 Å². The third kappa shape index (κ3) is 4.53. The molecule has 4 aromatic rings. The highest BCUT2D eigenvalue weighted by molar-refractivity contribution is 5.97.